The Morgan fingerprint density at radius 1 is 1.36 bits per heavy atom. The number of rotatable bonds is 10. The normalized spacial score (nSPS) is 31.4. The first-order chi connectivity index (χ1) is 12.0. The maximum Gasteiger partial charge on any atom is 0.303 e. The van der Waals surface area contributed by atoms with Crippen LogP contribution in [0, 0.1) is 11.8 Å². The number of carboxylic acid groups (broad SMARTS) is 1. The SMILES string of the molecule is CCCCC[C@H](O)/C=C/[C@H]1[C@H]2C/C(=C\CCCC(=O)O)O[C@H]2C[C@@H]1O. The second kappa shape index (κ2) is 9.97. The zero-order valence-corrected chi connectivity index (χ0v) is 15.1. The van der Waals surface area contributed by atoms with Crippen molar-refractivity contribution in [3.8, 4) is 0 Å². The highest BCUT2D eigenvalue weighted by molar-refractivity contribution is 5.66. The van der Waals surface area contributed by atoms with Crippen molar-refractivity contribution < 1.29 is 24.9 Å². The van der Waals surface area contributed by atoms with Crippen molar-refractivity contribution in [3.63, 3.8) is 0 Å². The summed E-state index contributed by atoms with van der Waals surface area (Å²) in [4.78, 5) is 10.5. The fourth-order valence-electron chi connectivity index (χ4n) is 3.86. The van der Waals surface area contributed by atoms with Crippen molar-refractivity contribution in [2.24, 2.45) is 11.8 Å². The second-order valence-corrected chi connectivity index (χ2v) is 7.31. The number of carboxylic acids is 1. The molecule has 0 aromatic heterocycles. The number of unbranched alkanes of at least 4 members (excludes halogenated alkanes) is 3. The number of ether oxygens (including phenoxy) is 1. The summed E-state index contributed by atoms with van der Waals surface area (Å²) in [5.41, 5.74) is 0. The standard InChI is InChI=1S/C20H32O5/c1-2-3-4-7-14(21)10-11-16-17-12-15(8-5-6-9-20(23)24)25-19(17)13-18(16)22/h8,10-11,14,16-19,21-22H,2-7,9,12-13H2,1H3,(H,23,24)/b11-10+,15-8+/t14-,16-,17+,18-,19-/m0/s1. The summed E-state index contributed by atoms with van der Waals surface area (Å²) in [7, 11) is 0. The van der Waals surface area contributed by atoms with Crippen molar-refractivity contribution >= 4 is 5.97 Å². The van der Waals surface area contributed by atoms with Crippen LogP contribution in [0.15, 0.2) is 24.0 Å². The van der Waals surface area contributed by atoms with E-state index in [-0.39, 0.29) is 24.4 Å². The molecule has 0 bridgehead atoms. The van der Waals surface area contributed by atoms with Crippen LogP contribution >= 0.6 is 0 Å². The monoisotopic (exact) mass is 352 g/mol. The van der Waals surface area contributed by atoms with E-state index in [4.69, 9.17) is 9.84 Å². The van der Waals surface area contributed by atoms with Gasteiger partial charge in [-0.15, -0.1) is 0 Å². The first-order valence-corrected chi connectivity index (χ1v) is 9.63. The number of aliphatic hydroxyl groups excluding tert-OH is 2. The van der Waals surface area contributed by atoms with Gasteiger partial charge in [-0.3, -0.25) is 4.79 Å². The van der Waals surface area contributed by atoms with Gasteiger partial charge in [0.1, 0.15) is 6.10 Å². The number of hydrogen-bond acceptors (Lipinski definition) is 4. The third kappa shape index (κ3) is 6.15. The van der Waals surface area contributed by atoms with Crippen LogP contribution < -0.4 is 0 Å². The average Bonchev–Trinajstić information content (AvgIpc) is 3.06. The van der Waals surface area contributed by atoms with E-state index >= 15 is 0 Å². The Labute approximate surface area is 150 Å². The van der Waals surface area contributed by atoms with E-state index in [1.807, 2.05) is 18.2 Å². The molecule has 0 aromatic carbocycles. The first kappa shape index (κ1) is 20.0. The zero-order valence-electron chi connectivity index (χ0n) is 15.1. The minimum Gasteiger partial charge on any atom is -0.495 e. The van der Waals surface area contributed by atoms with Crippen LogP contribution in [0.25, 0.3) is 0 Å². The van der Waals surface area contributed by atoms with Gasteiger partial charge in [-0.1, -0.05) is 38.3 Å². The highest BCUT2D eigenvalue weighted by Crippen LogP contribution is 2.45. The fraction of sp³-hybridized carbons (Fsp3) is 0.750. The Bertz CT molecular complexity index is 484. The number of hydrogen-bond donors (Lipinski definition) is 3. The van der Waals surface area contributed by atoms with Crippen LogP contribution in [0.3, 0.4) is 0 Å². The molecule has 1 aliphatic carbocycles. The highest BCUT2D eigenvalue weighted by atomic mass is 16.5. The van der Waals surface area contributed by atoms with E-state index in [9.17, 15) is 15.0 Å². The summed E-state index contributed by atoms with van der Waals surface area (Å²) < 4.78 is 5.94. The van der Waals surface area contributed by atoms with Crippen molar-refractivity contribution in [2.75, 3.05) is 0 Å². The molecule has 0 unspecified atom stereocenters. The molecule has 5 atom stereocenters. The molecule has 25 heavy (non-hydrogen) atoms. The predicted molar refractivity (Wildman–Crippen MR) is 96.0 cm³/mol. The quantitative estimate of drug-likeness (QED) is 0.414. The van der Waals surface area contributed by atoms with Crippen molar-refractivity contribution in [2.45, 2.75) is 83.0 Å². The molecule has 2 rings (SSSR count). The number of carbonyl (C=O) groups is 1. The van der Waals surface area contributed by atoms with Gasteiger partial charge in [-0.25, -0.2) is 0 Å². The van der Waals surface area contributed by atoms with Gasteiger partial charge in [0.05, 0.1) is 18.0 Å². The highest BCUT2D eigenvalue weighted by Gasteiger charge is 2.46. The molecule has 3 N–H and O–H groups in total. The number of aliphatic carboxylic acids is 1. The van der Waals surface area contributed by atoms with Crippen molar-refractivity contribution in [1.82, 2.24) is 0 Å². The summed E-state index contributed by atoms with van der Waals surface area (Å²) in [6.45, 7) is 2.14. The van der Waals surface area contributed by atoms with Crippen LogP contribution in [0.2, 0.25) is 0 Å². The summed E-state index contributed by atoms with van der Waals surface area (Å²) in [5.74, 6) is 0.429. The molecule has 2 fully saturated rings. The molecule has 1 heterocycles. The van der Waals surface area contributed by atoms with E-state index in [0.29, 0.717) is 19.3 Å². The van der Waals surface area contributed by atoms with Gasteiger partial charge >= 0.3 is 5.97 Å². The minimum absolute atomic E-state index is 0.0238. The van der Waals surface area contributed by atoms with Gasteiger partial charge in [-0.05, 0) is 25.3 Å². The van der Waals surface area contributed by atoms with E-state index in [1.165, 1.54) is 0 Å². The summed E-state index contributed by atoms with van der Waals surface area (Å²) in [5, 5.41) is 29.0. The lowest BCUT2D eigenvalue weighted by atomic mass is 9.90. The molecule has 5 nitrogen and oxygen atoms in total. The Balaban J connectivity index is 1.83. The molecule has 0 amide bonds. The molecule has 142 valence electrons. The van der Waals surface area contributed by atoms with Crippen molar-refractivity contribution in [1.29, 1.82) is 0 Å². The van der Waals surface area contributed by atoms with Gasteiger partial charge in [0.2, 0.25) is 0 Å². The Hall–Kier alpha value is -1.33. The van der Waals surface area contributed by atoms with Crippen LogP contribution in [0.4, 0.5) is 0 Å². The molecule has 0 radical (unpaired) electrons. The third-order valence-corrected chi connectivity index (χ3v) is 5.26. The first-order valence-electron chi connectivity index (χ1n) is 9.63. The topological polar surface area (TPSA) is 87.0 Å². The lowest BCUT2D eigenvalue weighted by Crippen LogP contribution is -2.18. The lowest BCUT2D eigenvalue weighted by molar-refractivity contribution is -0.137. The maximum absolute atomic E-state index is 10.5. The van der Waals surface area contributed by atoms with Gasteiger partial charge < -0.3 is 20.1 Å². The number of aliphatic hydroxyl groups is 2. The minimum atomic E-state index is -0.770. The van der Waals surface area contributed by atoms with E-state index in [2.05, 4.69) is 6.92 Å². The molecule has 1 saturated carbocycles. The molecule has 1 saturated heterocycles. The lowest BCUT2D eigenvalue weighted by Gasteiger charge is -2.16. The summed E-state index contributed by atoms with van der Waals surface area (Å²) in [6, 6.07) is 0. The summed E-state index contributed by atoms with van der Waals surface area (Å²) in [6.07, 6.45) is 12.0. The maximum atomic E-state index is 10.5. The van der Waals surface area contributed by atoms with E-state index in [1.54, 1.807) is 0 Å². The Morgan fingerprint density at radius 2 is 2.16 bits per heavy atom. The summed E-state index contributed by atoms with van der Waals surface area (Å²) >= 11 is 0. The van der Waals surface area contributed by atoms with Crippen LogP contribution in [-0.4, -0.2) is 39.6 Å². The molecular weight excluding hydrogens is 320 g/mol. The van der Waals surface area contributed by atoms with Gasteiger partial charge in [0, 0.05) is 31.1 Å². The van der Waals surface area contributed by atoms with Gasteiger partial charge in [0.15, 0.2) is 0 Å². The van der Waals surface area contributed by atoms with Crippen LogP contribution in [0.5, 0.6) is 0 Å². The molecule has 0 aromatic rings. The second-order valence-electron chi connectivity index (χ2n) is 7.31. The predicted octanol–water partition coefficient (Wildman–Crippen LogP) is 3.41. The molecular formula is C20H32O5. The van der Waals surface area contributed by atoms with Crippen LogP contribution in [0.1, 0.15) is 64.7 Å². The molecule has 0 spiro atoms. The van der Waals surface area contributed by atoms with Crippen molar-refractivity contribution in [3.05, 3.63) is 24.0 Å². The zero-order chi connectivity index (χ0) is 18.2. The molecule has 5 heteroatoms. The Kier molecular flexibility index (Phi) is 7.97. The number of allylic oxidation sites excluding steroid dienone is 2. The smallest absolute Gasteiger partial charge is 0.303 e. The molecule has 2 aliphatic rings. The molecule has 1 aliphatic heterocycles. The fourth-order valence-corrected chi connectivity index (χ4v) is 3.86. The van der Waals surface area contributed by atoms with E-state index < -0.39 is 18.2 Å². The van der Waals surface area contributed by atoms with Crippen LogP contribution in [-0.2, 0) is 9.53 Å². The van der Waals surface area contributed by atoms with Gasteiger partial charge in [-0.2, -0.15) is 0 Å². The largest absolute Gasteiger partial charge is 0.495 e. The third-order valence-electron chi connectivity index (χ3n) is 5.26. The number of fused-ring (bicyclic) bond motifs is 1. The van der Waals surface area contributed by atoms with E-state index in [0.717, 1.165) is 37.9 Å². The van der Waals surface area contributed by atoms with Gasteiger partial charge in [0.25, 0.3) is 0 Å². The Morgan fingerprint density at radius 3 is 2.88 bits per heavy atom. The average molecular weight is 352 g/mol.